The maximum atomic E-state index is 2.29. The van der Waals surface area contributed by atoms with Crippen molar-refractivity contribution in [3.8, 4) is 0 Å². The van der Waals surface area contributed by atoms with Gasteiger partial charge in [0.15, 0.2) is 0 Å². The lowest BCUT2D eigenvalue weighted by Crippen LogP contribution is -1.83. The smallest absolute Gasteiger partial charge is 0.0348 e. The summed E-state index contributed by atoms with van der Waals surface area (Å²) in [5.74, 6) is 0. The fraction of sp³-hybridized carbons (Fsp3) is 0.517. The Morgan fingerprint density at radius 2 is 0.414 bits per heavy atom. The quantitative estimate of drug-likeness (QED) is 0.385. The molecule has 0 saturated carbocycles. The molecule has 0 radical (unpaired) electrons. The molecule has 0 amide bonds. The van der Waals surface area contributed by atoms with E-state index < -0.39 is 0 Å². The van der Waals surface area contributed by atoms with Crippen molar-refractivity contribution in [2.24, 2.45) is 0 Å². The van der Waals surface area contributed by atoms with Gasteiger partial charge in [0.1, 0.15) is 0 Å². The van der Waals surface area contributed by atoms with E-state index in [1.807, 2.05) is 0 Å². The monoisotopic (exact) mass is 392 g/mol. The first-order valence-electron chi connectivity index (χ1n) is 12.1. The SMILES string of the molecule is C1=CC=CC=CC=CCCCCCCCCCCCCCCCC=CC=CC=C1. The lowest BCUT2D eigenvalue weighted by molar-refractivity contribution is 0.538. The van der Waals surface area contributed by atoms with Crippen LogP contribution in [0, 0.1) is 0 Å². The van der Waals surface area contributed by atoms with Gasteiger partial charge in [-0.2, -0.15) is 0 Å². The van der Waals surface area contributed by atoms with Gasteiger partial charge in [0.05, 0.1) is 0 Å². The van der Waals surface area contributed by atoms with Gasteiger partial charge in [0, 0.05) is 0 Å². The van der Waals surface area contributed by atoms with Crippen LogP contribution < -0.4 is 0 Å². The van der Waals surface area contributed by atoms with Crippen molar-refractivity contribution in [3.05, 3.63) is 85.1 Å². The Bertz CT molecular complexity index is 488. The highest BCUT2D eigenvalue weighted by Crippen LogP contribution is 2.13. The van der Waals surface area contributed by atoms with E-state index in [1.54, 1.807) is 0 Å². The van der Waals surface area contributed by atoms with E-state index in [4.69, 9.17) is 0 Å². The van der Waals surface area contributed by atoms with Crippen LogP contribution in [0.5, 0.6) is 0 Å². The van der Waals surface area contributed by atoms with Crippen LogP contribution in [-0.4, -0.2) is 0 Å². The van der Waals surface area contributed by atoms with Gasteiger partial charge in [-0.3, -0.25) is 0 Å². The van der Waals surface area contributed by atoms with Crippen molar-refractivity contribution >= 4 is 0 Å². The van der Waals surface area contributed by atoms with E-state index in [2.05, 4.69) is 85.1 Å². The Hall–Kier alpha value is -1.82. The topological polar surface area (TPSA) is 0 Å². The van der Waals surface area contributed by atoms with Gasteiger partial charge in [-0.25, -0.2) is 0 Å². The Balaban J connectivity index is 2.30. The lowest BCUT2D eigenvalue weighted by Gasteiger charge is -2.03. The summed E-state index contributed by atoms with van der Waals surface area (Å²) in [6.07, 6.45) is 50.5. The lowest BCUT2D eigenvalue weighted by atomic mass is 10.0. The molecule has 0 N–H and O–H groups in total. The van der Waals surface area contributed by atoms with Crippen LogP contribution in [0.4, 0.5) is 0 Å². The second kappa shape index (κ2) is 22.5. The second-order valence-electron chi connectivity index (χ2n) is 7.95. The highest BCUT2D eigenvalue weighted by molar-refractivity contribution is 5.20. The molecule has 0 bridgehead atoms. The van der Waals surface area contributed by atoms with E-state index >= 15 is 0 Å². The molecule has 0 heterocycles. The van der Waals surface area contributed by atoms with Gasteiger partial charge in [0.25, 0.3) is 0 Å². The summed E-state index contributed by atoms with van der Waals surface area (Å²) in [6.45, 7) is 0. The zero-order chi connectivity index (χ0) is 20.5. The van der Waals surface area contributed by atoms with Gasteiger partial charge in [0.2, 0.25) is 0 Å². The predicted molar refractivity (Wildman–Crippen MR) is 133 cm³/mol. The van der Waals surface area contributed by atoms with Gasteiger partial charge in [-0.1, -0.05) is 156 Å². The number of allylic oxidation sites excluding steroid dienone is 14. The molecule has 0 unspecified atom stereocenters. The summed E-state index contributed by atoms with van der Waals surface area (Å²) in [4.78, 5) is 0. The van der Waals surface area contributed by atoms with Gasteiger partial charge >= 0.3 is 0 Å². The summed E-state index contributed by atoms with van der Waals surface area (Å²) in [6, 6.07) is 0. The van der Waals surface area contributed by atoms with Crippen molar-refractivity contribution < 1.29 is 0 Å². The van der Waals surface area contributed by atoms with Gasteiger partial charge < -0.3 is 0 Å². The highest BCUT2D eigenvalue weighted by atomic mass is 14.0. The van der Waals surface area contributed by atoms with E-state index in [-0.39, 0.29) is 0 Å². The molecule has 1 aliphatic carbocycles. The molecule has 0 aromatic carbocycles. The molecule has 0 aromatic rings. The number of hydrogen-bond acceptors (Lipinski definition) is 0. The molecule has 0 nitrogen and oxygen atoms in total. The Kier molecular flexibility index (Phi) is 19.5. The third-order valence-electron chi connectivity index (χ3n) is 5.24. The van der Waals surface area contributed by atoms with E-state index in [9.17, 15) is 0 Å². The fourth-order valence-corrected chi connectivity index (χ4v) is 3.46. The zero-order valence-corrected chi connectivity index (χ0v) is 18.7. The van der Waals surface area contributed by atoms with E-state index in [1.165, 1.54) is 96.3 Å². The molecule has 0 aromatic heterocycles. The van der Waals surface area contributed by atoms with Crippen molar-refractivity contribution in [2.75, 3.05) is 0 Å². The fourth-order valence-electron chi connectivity index (χ4n) is 3.46. The normalized spacial score (nSPS) is 20.1. The van der Waals surface area contributed by atoms with Crippen LogP contribution in [0.15, 0.2) is 85.1 Å². The molecule has 0 fully saturated rings. The first-order valence-corrected chi connectivity index (χ1v) is 12.1. The number of rotatable bonds is 0. The molecule has 0 heteroatoms. The van der Waals surface area contributed by atoms with Crippen molar-refractivity contribution in [3.63, 3.8) is 0 Å². The summed E-state index contributed by atoms with van der Waals surface area (Å²) in [5, 5.41) is 0. The number of hydrogen-bond donors (Lipinski definition) is 0. The minimum atomic E-state index is 1.21. The summed E-state index contributed by atoms with van der Waals surface area (Å²) in [7, 11) is 0. The standard InChI is InChI=1S/C29H44/c1-2-4-6-8-10-12-14-16-18-20-22-24-26-28-29-27-25-23-21-19-17-15-13-11-9-7-5-3-1/h1-14H,15-29H2. The average molecular weight is 393 g/mol. The average Bonchev–Trinajstić information content (AvgIpc) is 2.73. The summed E-state index contributed by atoms with van der Waals surface area (Å²) < 4.78 is 0. The first-order chi connectivity index (χ1) is 14.5. The van der Waals surface area contributed by atoms with E-state index in [0.717, 1.165) is 0 Å². The third-order valence-corrected chi connectivity index (χ3v) is 5.24. The van der Waals surface area contributed by atoms with Gasteiger partial charge in [-0.05, 0) is 25.7 Å². The van der Waals surface area contributed by atoms with Crippen molar-refractivity contribution in [1.29, 1.82) is 0 Å². The molecule has 29 heavy (non-hydrogen) atoms. The minimum Gasteiger partial charge on any atom is -0.0845 e. The van der Waals surface area contributed by atoms with E-state index in [0.29, 0.717) is 0 Å². The molecular weight excluding hydrogens is 348 g/mol. The van der Waals surface area contributed by atoms with Crippen LogP contribution in [-0.2, 0) is 0 Å². The summed E-state index contributed by atoms with van der Waals surface area (Å²) in [5.41, 5.74) is 0. The molecule has 160 valence electrons. The van der Waals surface area contributed by atoms with Crippen LogP contribution in [0.25, 0.3) is 0 Å². The third kappa shape index (κ3) is 20.7. The molecule has 0 spiro atoms. The maximum Gasteiger partial charge on any atom is -0.0348 e. The van der Waals surface area contributed by atoms with Crippen molar-refractivity contribution in [1.82, 2.24) is 0 Å². The first kappa shape index (κ1) is 25.2. The zero-order valence-electron chi connectivity index (χ0n) is 18.7. The highest BCUT2D eigenvalue weighted by Gasteiger charge is 1.93. The molecule has 1 aliphatic rings. The van der Waals surface area contributed by atoms with Crippen LogP contribution in [0.3, 0.4) is 0 Å². The van der Waals surface area contributed by atoms with Crippen molar-refractivity contribution in [2.45, 2.75) is 96.3 Å². The largest absolute Gasteiger partial charge is 0.0845 e. The maximum absolute atomic E-state index is 2.29. The second-order valence-corrected chi connectivity index (χ2v) is 7.95. The summed E-state index contributed by atoms with van der Waals surface area (Å²) >= 11 is 0. The molecule has 0 saturated heterocycles. The Labute approximate surface area is 181 Å². The molecular formula is C29H44. The van der Waals surface area contributed by atoms with Crippen LogP contribution in [0.1, 0.15) is 96.3 Å². The Morgan fingerprint density at radius 1 is 0.207 bits per heavy atom. The molecule has 0 aliphatic heterocycles. The Morgan fingerprint density at radius 3 is 0.690 bits per heavy atom. The minimum absolute atomic E-state index is 1.21. The molecule has 0 atom stereocenters. The van der Waals surface area contributed by atoms with Gasteiger partial charge in [-0.15, -0.1) is 0 Å². The molecule has 1 rings (SSSR count). The van der Waals surface area contributed by atoms with Crippen LogP contribution >= 0.6 is 0 Å². The van der Waals surface area contributed by atoms with Crippen LogP contribution in [0.2, 0.25) is 0 Å². The predicted octanol–water partition coefficient (Wildman–Crippen LogP) is 9.74.